The van der Waals surface area contributed by atoms with Gasteiger partial charge in [-0.15, -0.1) is 0 Å². The van der Waals surface area contributed by atoms with Crippen LogP contribution >= 0.6 is 0 Å². The number of carbonyl (C=O) groups is 1. The Morgan fingerprint density at radius 2 is 2.50 bits per heavy atom. The molecule has 2 aliphatic rings. The van der Waals surface area contributed by atoms with Gasteiger partial charge in [-0.2, -0.15) is 0 Å². The van der Waals surface area contributed by atoms with Crippen molar-refractivity contribution in [2.75, 3.05) is 13.1 Å². The number of amides is 1. The molecule has 1 fully saturated rings. The van der Waals surface area contributed by atoms with Gasteiger partial charge in [0.25, 0.3) is 0 Å². The summed E-state index contributed by atoms with van der Waals surface area (Å²) in [4.78, 5) is 13.2. The number of piperidine rings is 1. The van der Waals surface area contributed by atoms with Crippen LogP contribution in [0.3, 0.4) is 0 Å². The van der Waals surface area contributed by atoms with E-state index >= 15 is 0 Å². The van der Waals surface area contributed by atoms with Gasteiger partial charge in [-0.1, -0.05) is 12.2 Å². The van der Waals surface area contributed by atoms with Gasteiger partial charge >= 0.3 is 0 Å². The zero-order valence-corrected chi connectivity index (χ0v) is 5.92. The average Bonchev–Trinajstić information content (AvgIpc) is 1.86. The van der Waals surface area contributed by atoms with Crippen molar-refractivity contribution in [3.63, 3.8) is 0 Å². The molecule has 2 nitrogen and oxygen atoms in total. The first-order valence-electron chi connectivity index (χ1n) is 3.83. The molecule has 0 spiro atoms. The molecule has 1 saturated heterocycles. The van der Waals surface area contributed by atoms with Gasteiger partial charge in [0.1, 0.15) is 0 Å². The van der Waals surface area contributed by atoms with Crippen LogP contribution in [0.15, 0.2) is 12.2 Å². The normalized spacial score (nSPS) is 31.0. The van der Waals surface area contributed by atoms with E-state index in [1.807, 2.05) is 4.90 Å². The Morgan fingerprint density at radius 3 is 3.20 bits per heavy atom. The number of hydrogen-bond donors (Lipinski definition) is 0. The highest BCUT2D eigenvalue weighted by molar-refractivity contribution is 5.82. The Kier molecular flexibility index (Phi) is 1.26. The van der Waals surface area contributed by atoms with Crippen LogP contribution < -0.4 is 0 Å². The van der Waals surface area contributed by atoms with Crippen molar-refractivity contribution in [3.8, 4) is 0 Å². The smallest absolute Gasteiger partial charge is 0.229 e. The molecule has 2 bridgehead atoms. The average molecular weight is 137 g/mol. The summed E-state index contributed by atoms with van der Waals surface area (Å²) < 4.78 is 0. The molecule has 1 amide bonds. The summed E-state index contributed by atoms with van der Waals surface area (Å²) in [6.07, 6.45) is 6.40. The molecule has 0 N–H and O–H groups in total. The van der Waals surface area contributed by atoms with Crippen molar-refractivity contribution in [2.24, 2.45) is 5.92 Å². The maximum absolute atomic E-state index is 11.3. The lowest BCUT2D eigenvalue weighted by molar-refractivity contribution is -0.136. The van der Waals surface area contributed by atoms with E-state index in [-0.39, 0.29) is 5.92 Å². The van der Waals surface area contributed by atoms with Crippen LogP contribution in [-0.4, -0.2) is 23.9 Å². The third-order valence-corrected chi connectivity index (χ3v) is 2.27. The van der Waals surface area contributed by atoms with Gasteiger partial charge in [-0.3, -0.25) is 4.79 Å². The number of carbonyl (C=O) groups excluding carboxylic acids is 1. The fourth-order valence-corrected chi connectivity index (χ4v) is 1.68. The van der Waals surface area contributed by atoms with E-state index in [9.17, 15) is 4.79 Å². The van der Waals surface area contributed by atoms with E-state index in [1.54, 1.807) is 0 Å². The third kappa shape index (κ3) is 0.753. The minimum atomic E-state index is 0.225. The summed E-state index contributed by atoms with van der Waals surface area (Å²) >= 11 is 0. The molecule has 1 unspecified atom stereocenters. The van der Waals surface area contributed by atoms with E-state index in [2.05, 4.69) is 12.2 Å². The van der Waals surface area contributed by atoms with Gasteiger partial charge < -0.3 is 4.90 Å². The Hall–Kier alpha value is -0.790. The molecule has 1 atom stereocenters. The van der Waals surface area contributed by atoms with Crippen molar-refractivity contribution in [1.29, 1.82) is 0 Å². The van der Waals surface area contributed by atoms with Crippen LogP contribution in [0.1, 0.15) is 12.8 Å². The number of nitrogens with zero attached hydrogens (tertiary/aromatic N) is 1. The molecular weight excluding hydrogens is 126 g/mol. The fraction of sp³-hybridized carbons (Fsp3) is 0.625. The van der Waals surface area contributed by atoms with Crippen LogP contribution in [0.25, 0.3) is 0 Å². The van der Waals surface area contributed by atoms with E-state index < -0.39 is 0 Å². The topological polar surface area (TPSA) is 20.3 Å². The summed E-state index contributed by atoms with van der Waals surface area (Å²) in [6, 6.07) is 0. The molecule has 2 heterocycles. The molecule has 2 aliphatic heterocycles. The standard InChI is InChI=1S/C8H11NO/c10-8-7-3-1-5-9(8)6-2-4-7/h1,3,7H,2,4-6H2. The number of rotatable bonds is 0. The Labute approximate surface area is 60.5 Å². The van der Waals surface area contributed by atoms with Gasteiger partial charge in [-0.25, -0.2) is 0 Å². The van der Waals surface area contributed by atoms with Crippen LogP contribution in [0.2, 0.25) is 0 Å². The molecule has 2 heteroatoms. The largest absolute Gasteiger partial charge is 0.338 e. The summed E-state index contributed by atoms with van der Waals surface area (Å²) in [5.74, 6) is 0.566. The summed E-state index contributed by atoms with van der Waals surface area (Å²) in [5, 5.41) is 0. The van der Waals surface area contributed by atoms with Crippen LogP contribution in [-0.2, 0) is 4.79 Å². The lowest BCUT2D eigenvalue weighted by Crippen LogP contribution is -2.42. The first kappa shape index (κ1) is 5.96. The van der Waals surface area contributed by atoms with Crippen LogP contribution in [0, 0.1) is 5.92 Å². The summed E-state index contributed by atoms with van der Waals surface area (Å²) in [5.41, 5.74) is 0. The molecule has 0 saturated carbocycles. The van der Waals surface area contributed by atoms with Gasteiger partial charge in [0.2, 0.25) is 5.91 Å². The van der Waals surface area contributed by atoms with Crippen molar-refractivity contribution >= 4 is 5.91 Å². The molecule has 10 heavy (non-hydrogen) atoms. The third-order valence-electron chi connectivity index (χ3n) is 2.27. The van der Waals surface area contributed by atoms with Crippen molar-refractivity contribution in [2.45, 2.75) is 12.8 Å². The molecular formula is C8H11NO. The predicted molar refractivity (Wildman–Crippen MR) is 38.4 cm³/mol. The van der Waals surface area contributed by atoms with Gasteiger partial charge in [0, 0.05) is 13.1 Å². The van der Waals surface area contributed by atoms with Crippen molar-refractivity contribution < 1.29 is 4.79 Å². The SMILES string of the molecule is O=C1C2C=CCN1CCC2. The molecule has 54 valence electrons. The van der Waals surface area contributed by atoms with Gasteiger partial charge in [0.15, 0.2) is 0 Å². The molecule has 0 radical (unpaired) electrons. The van der Waals surface area contributed by atoms with E-state index in [0.717, 1.165) is 19.5 Å². The lowest BCUT2D eigenvalue weighted by Gasteiger charge is -2.33. The van der Waals surface area contributed by atoms with Gasteiger partial charge in [-0.05, 0) is 12.8 Å². The molecule has 0 aliphatic carbocycles. The van der Waals surface area contributed by atoms with Crippen molar-refractivity contribution in [3.05, 3.63) is 12.2 Å². The molecule has 0 aromatic rings. The Bertz CT molecular complexity index is 186. The molecule has 0 aromatic heterocycles. The minimum absolute atomic E-state index is 0.225. The highest BCUT2D eigenvalue weighted by atomic mass is 16.2. The highest BCUT2D eigenvalue weighted by Crippen LogP contribution is 2.22. The van der Waals surface area contributed by atoms with E-state index in [0.29, 0.717) is 5.91 Å². The Morgan fingerprint density at radius 1 is 1.60 bits per heavy atom. The first-order chi connectivity index (χ1) is 4.88. The second kappa shape index (κ2) is 2.11. The van der Waals surface area contributed by atoms with Crippen LogP contribution in [0.4, 0.5) is 0 Å². The quantitative estimate of drug-likeness (QED) is 0.452. The summed E-state index contributed by atoms with van der Waals surface area (Å²) in [7, 11) is 0. The first-order valence-corrected chi connectivity index (χ1v) is 3.83. The second-order valence-corrected chi connectivity index (χ2v) is 2.96. The summed E-state index contributed by atoms with van der Waals surface area (Å²) in [6.45, 7) is 1.81. The number of fused-ring (bicyclic) bond motifs is 2. The maximum atomic E-state index is 11.3. The van der Waals surface area contributed by atoms with Crippen LogP contribution in [0.5, 0.6) is 0 Å². The molecule has 0 aromatic carbocycles. The number of hydrogen-bond acceptors (Lipinski definition) is 1. The van der Waals surface area contributed by atoms with Gasteiger partial charge in [0.05, 0.1) is 5.92 Å². The molecule has 2 rings (SSSR count). The zero-order chi connectivity index (χ0) is 6.97. The zero-order valence-electron chi connectivity index (χ0n) is 5.92. The lowest BCUT2D eigenvalue weighted by atomic mass is 9.94. The fourth-order valence-electron chi connectivity index (χ4n) is 1.68. The maximum Gasteiger partial charge on any atom is 0.229 e. The van der Waals surface area contributed by atoms with E-state index in [4.69, 9.17) is 0 Å². The van der Waals surface area contributed by atoms with Crippen molar-refractivity contribution in [1.82, 2.24) is 4.90 Å². The highest BCUT2D eigenvalue weighted by Gasteiger charge is 2.28. The minimum Gasteiger partial charge on any atom is -0.338 e. The predicted octanol–water partition coefficient (Wildman–Crippen LogP) is 0.795. The second-order valence-electron chi connectivity index (χ2n) is 2.96. The Balaban J connectivity index is 2.25. The monoisotopic (exact) mass is 137 g/mol. The van der Waals surface area contributed by atoms with E-state index in [1.165, 1.54) is 6.42 Å².